The molecule has 1 aliphatic carbocycles. The van der Waals surface area contributed by atoms with Crippen LogP contribution in [0, 0.1) is 5.92 Å². The molecule has 0 aromatic rings. The first kappa shape index (κ1) is 16.3. The number of carboxylic acids is 1. The standard InChI is InChI=1S/C14H23NO5S/c16-13(15-8-6-11(7-9-15)14(17)18)10-21(19,20)12-4-2-1-3-5-12/h11-12H,1-10H2,(H,17,18). The van der Waals surface area contributed by atoms with Crippen molar-refractivity contribution in [2.24, 2.45) is 5.92 Å². The fourth-order valence-corrected chi connectivity index (χ4v) is 5.00. The third-order valence-electron chi connectivity index (χ3n) is 4.58. The van der Waals surface area contributed by atoms with Gasteiger partial charge in [-0.2, -0.15) is 0 Å². The number of likely N-dealkylation sites (tertiary alicyclic amines) is 1. The Morgan fingerprint density at radius 2 is 1.57 bits per heavy atom. The number of rotatable bonds is 4. The lowest BCUT2D eigenvalue weighted by Crippen LogP contribution is -2.44. The minimum absolute atomic E-state index is 0.343. The molecule has 2 rings (SSSR count). The summed E-state index contributed by atoms with van der Waals surface area (Å²) < 4.78 is 24.5. The molecule has 0 aromatic carbocycles. The Labute approximate surface area is 125 Å². The Bertz CT molecular complexity index is 487. The highest BCUT2D eigenvalue weighted by Crippen LogP contribution is 2.25. The predicted octanol–water partition coefficient (Wildman–Crippen LogP) is 1.06. The van der Waals surface area contributed by atoms with Crippen LogP contribution in [0.25, 0.3) is 0 Å². The van der Waals surface area contributed by atoms with Crippen molar-refractivity contribution in [3.63, 3.8) is 0 Å². The van der Waals surface area contributed by atoms with Gasteiger partial charge in [0.2, 0.25) is 5.91 Å². The molecule has 0 unspecified atom stereocenters. The van der Waals surface area contributed by atoms with Crippen molar-refractivity contribution in [3.8, 4) is 0 Å². The number of piperidine rings is 1. The molecule has 0 spiro atoms. The van der Waals surface area contributed by atoms with Gasteiger partial charge in [-0.25, -0.2) is 8.42 Å². The molecular formula is C14H23NO5S. The van der Waals surface area contributed by atoms with Gasteiger partial charge in [-0.1, -0.05) is 19.3 Å². The molecule has 0 atom stereocenters. The molecule has 1 heterocycles. The van der Waals surface area contributed by atoms with E-state index in [1.807, 2.05) is 0 Å². The summed E-state index contributed by atoms with van der Waals surface area (Å²) in [5, 5.41) is 8.55. The van der Waals surface area contributed by atoms with Crippen LogP contribution in [0.2, 0.25) is 0 Å². The number of hydrogen-bond donors (Lipinski definition) is 1. The SMILES string of the molecule is O=C(O)C1CCN(C(=O)CS(=O)(=O)C2CCCCC2)CC1. The first-order valence-corrected chi connectivity index (χ1v) is 9.34. The molecule has 1 aliphatic heterocycles. The van der Waals surface area contributed by atoms with Crippen molar-refractivity contribution < 1.29 is 23.1 Å². The van der Waals surface area contributed by atoms with E-state index >= 15 is 0 Å². The molecule has 1 saturated carbocycles. The predicted molar refractivity (Wildman–Crippen MR) is 77.6 cm³/mol. The zero-order valence-corrected chi connectivity index (χ0v) is 13.0. The van der Waals surface area contributed by atoms with Crippen molar-refractivity contribution in [1.29, 1.82) is 0 Å². The van der Waals surface area contributed by atoms with Crippen LogP contribution in [0.3, 0.4) is 0 Å². The molecule has 120 valence electrons. The second-order valence-electron chi connectivity index (χ2n) is 6.06. The van der Waals surface area contributed by atoms with Crippen LogP contribution >= 0.6 is 0 Å². The minimum atomic E-state index is -3.37. The quantitative estimate of drug-likeness (QED) is 0.837. The summed E-state index contributed by atoms with van der Waals surface area (Å²) in [7, 11) is -3.37. The lowest BCUT2D eigenvalue weighted by molar-refractivity contribution is -0.145. The van der Waals surface area contributed by atoms with Gasteiger partial charge in [0, 0.05) is 13.1 Å². The normalized spacial score (nSPS) is 22.2. The number of carboxylic acid groups (broad SMARTS) is 1. The van der Waals surface area contributed by atoms with E-state index in [0.29, 0.717) is 38.8 Å². The first-order valence-electron chi connectivity index (χ1n) is 7.62. The molecule has 1 N–H and O–H groups in total. The van der Waals surface area contributed by atoms with Gasteiger partial charge in [-0.3, -0.25) is 9.59 Å². The van der Waals surface area contributed by atoms with Crippen molar-refractivity contribution in [2.45, 2.75) is 50.2 Å². The van der Waals surface area contributed by atoms with Crippen LogP contribution in [-0.4, -0.2) is 54.4 Å². The molecular weight excluding hydrogens is 294 g/mol. The Morgan fingerprint density at radius 1 is 1.00 bits per heavy atom. The second kappa shape index (κ2) is 6.77. The highest BCUT2D eigenvalue weighted by molar-refractivity contribution is 7.92. The van der Waals surface area contributed by atoms with E-state index < -0.39 is 27.5 Å². The third-order valence-corrected chi connectivity index (χ3v) is 6.72. The molecule has 6 nitrogen and oxygen atoms in total. The van der Waals surface area contributed by atoms with Crippen LogP contribution in [0.4, 0.5) is 0 Å². The monoisotopic (exact) mass is 317 g/mol. The maximum atomic E-state index is 12.3. The zero-order valence-electron chi connectivity index (χ0n) is 12.2. The van der Waals surface area contributed by atoms with Gasteiger partial charge in [0.25, 0.3) is 0 Å². The topological polar surface area (TPSA) is 91.8 Å². The van der Waals surface area contributed by atoms with Gasteiger partial charge in [-0.15, -0.1) is 0 Å². The molecule has 1 saturated heterocycles. The van der Waals surface area contributed by atoms with Crippen LogP contribution in [0.5, 0.6) is 0 Å². The molecule has 21 heavy (non-hydrogen) atoms. The highest BCUT2D eigenvalue weighted by atomic mass is 32.2. The largest absolute Gasteiger partial charge is 0.481 e. The van der Waals surface area contributed by atoms with Crippen molar-refractivity contribution in [3.05, 3.63) is 0 Å². The van der Waals surface area contributed by atoms with E-state index in [0.717, 1.165) is 19.3 Å². The molecule has 1 amide bonds. The molecule has 2 fully saturated rings. The maximum Gasteiger partial charge on any atom is 0.306 e. The summed E-state index contributed by atoms with van der Waals surface area (Å²) in [6.45, 7) is 0.686. The fourth-order valence-electron chi connectivity index (χ4n) is 3.18. The second-order valence-corrected chi connectivity index (χ2v) is 8.34. The first-order chi connectivity index (χ1) is 9.90. The number of aliphatic carboxylic acids is 1. The summed E-state index contributed by atoms with van der Waals surface area (Å²) in [6, 6.07) is 0. The smallest absolute Gasteiger partial charge is 0.306 e. The van der Waals surface area contributed by atoms with E-state index in [4.69, 9.17) is 5.11 Å². The number of nitrogens with zero attached hydrogens (tertiary/aromatic N) is 1. The summed E-state index contributed by atoms with van der Waals surface area (Å²) in [5.41, 5.74) is 0. The van der Waals surface area contributed by atoms with E-state index in [1.165, 1.54) is 4.90 Å². The molecule has 7 heteroatoms. The summed E-state index contributed by atoms with van der Waals surface area (Å²) in [5.74, 6) is -2.04. The zero-order chi connectivity index (χ0) is 15.5. The van der Waals surface area contributed by atoms with Crippen LogP contribution in [-0.2, 0) is 19.4 Å². The number of carbonyl (C=O) groups excluding carboxylic acids is 1. The van der Waals surface area contributed by atoms with Crippen molar-refractivity contribution in [1.82, 2.24) is 4.90 Å². The molecule has 0 radical (unpaired) electrons. The maximum absolute atomic E-state index is 12.3. The highest BCUT2D eigenvalue weighted by Gasteiger charge is 2.33. The summed E-state index contributed by atoms with van der Waals surface area (Å²) >= 11 is 0. The summed E-state index contributed by atoms with van der Waals surface area (Å²) in [4.78, 5) is 24.5. The van der Waals surface area contributed by atoms with Crippen molar-refractivity contribution >= 4 is 21.7 Å². The lowest BCUT2D eigenvalue weighted by Gasteiger charge is -2.31. The third kappa shape index (κ3) is 4.18. The van der Waals surface area contributed by atoms with Crippen LogP contribution < -0.4 is 0 Å². The van der Waals surface area contributed by atoms with Gasteiger partial charge in [0.15, 0.2) is 9.84 Å². The molecule has 0 bridgehead atoms. The molecule has 2 aliphatic rings. The van der Waals surface area contributed by atoms with Gasteiger partial charge in [0.1, 0.15) is 5.75 Å². The average molecular weight is 317 g/mol. The van der Waals surface area contributed by atoms with E-state index in [9.17, 15) is 18.0 Å². The van der Waals surface area contributed by atoms with Gasteiger partial charge < -0.3 is 10.0 Å². The van der Waals surface area contributed by atoms with Crippen LogP contribution in [0.15, 0.2) is 0 Å². The minimum Gasteiger partial charge on any atom is -0.481 e. The number of carbonyl (C=O) groups is 2. The Kier molecular flexibility index (Phi) is 5.24. The number of hydrogen-bond acceptors (Lipinski definition) is 4. The van der Waals surface area contributed by atoms with E-state index in [2.05, 4.69) is 0 Å². The Hall–Kier alpha value is -1.11. The summed E-state index contributed by atoms with van der Waals surface area (Å²) in [6.07, 6.45) is 5.05. The van der Waals surface area contributed by atoms with Crippen molar-refractivity contribution in [2.75, 3.05) is 18.8 Å². The molecule has 0 aromatic heterocycles. The lowest BCUT2D eigenvalue weighted by atomic mass is 9.97. The number of amides is 1. The van der Waals surface area contributed by atoms with E-state index in [-0.39, 0.29) is 11.2 Å². The van der Waals surface area contributed by atoms with Gasteiger partial charge in [0.05, 0.1) is 11.2 Å². The van der Waals surface area contributed by atoms with Gasteiger partial charge >= 0.3 is 5.97 Å². The fraction of sp³-hybridized carbons (Fsp3) is 0.857. The van der Waals surface area contributed by atoms with Crippen LogP contribution in [0.1, 0.15) is 44.9 Å². The van der Waals surface area contributed by atoms with Gasteiger partial charge in [-0.05, 0) is 25.7 Å². The number of sulfone groups is 1. The Morgan fingerprint density at radius 3 is 2.10 bits per heavy atom. The Balaban J connectivity index is 1.88. The van der Waals surface area contributed by atoms with E-state index in [1.54, 1.807) is 0 Å². The average Bonchev–Trinajstić information content (AvgIpc) is 2.48.